The molecule has 1 N–H and O–H groups in total. The van der Waals surface area contributed by atoms with Crippen molar-refractivity contribution in [1.29, 1.82) is 0 Å². The highest BCUT2D eigenvalue weighted by atomic mass is 16.5. The Kier molecular flexibility index (Phi) is 4.01. The van der Waals surface area contributed by atoms with Crippen molar-refractivity contribution < 1.29 is 9.47 Å². The highest BCUT2D eigenvalue weighted by molar-refractivity contribution is 5.44. The second-order valence-electron chi connectivity index (χ2n) is 5.27. The summed E-state index contributed by atoms with van der Waals surface area (Å²) < 4.78 is 11.0. The summed E-state index contributed by atoms with van der Waals surface area (Å²) in [5, 5.41) is 11.7. The maximum absolute atomic E-state index is 5.73. The minimum atomic E-state index is 0.465. The molecule has 2 aromatic rings. The largest absolute Gasteiger partial charge is 0.493 e. The van der Waals surface area contributed by atoms with Gasteiger partial charge in [0.1, 0.15) is 0 Å². The van der Waals surface area contributed by atoms with Gasteiger partial charge >= 0.3 is 0 Å². The lowest BCUT2D eigenvalue weighted by Crippen LogP contribution is -2.16. The number of aryl methyl sites for hydroxylation is 1. The van der Waals surface area contributed by atoms with Gasteiger partial charge in [-0.2, -0.15) is 5.10 Å². The molecule has 0 atom stereocenters. The van der Waals surface area contributed by atoms with Crippen molar-refractivity contribution in [2.45, 2.75) is 32.4 Å². The van der Waals surface area contributed by atoms with E-state index in [0.29, 0.717) is 23.4 Å². The minimum Gasteiger partial charge on any atom is -0.493 e. The number of rotatable bonds is 6. The minimum absolute atomic E-state index is 0.465. The Bertz CT molecular complexity index is 609. The second-order valence-corrected chi connectivity index (χ2v) is 5.27. The van der Waals surface area contributed by atoms with Gasteiger partial charge < -0.3 is 14.8 Å². The first-order valence-corrected chi connectivity index (χ1v) is 7.13. The third kappa shape index (κ3) is 3.70. The molecule has 0 bridgehead atoms. The number of methoxy groups -OCH3 is 1. The first-order chi connectivity index (χ1) is 10.2. The van der Waals surface area contributed by atoms with Gasteiger partial charge in [-0.1, -0.05) is 6.07 Å². The van der Waals surface area contributed by atoms with Crippen molar-refractivity contribution in [2.24, 2.45) is 0 Å². The fourth-order valence-electron chi connectivity index (χ4n) is 2.00. The van der Waals surface area contributed by atoms with E-state index in [4.69, 9.17) is 9.47 Å². The van der Waals surface area contributed by atoms with E-state index in [1.807, 2.05) is 37.3 Å². The van der Waals surface area contributed by atoms with Crippen molar-refractivity contribution in [2.75, 3.05) is 7.11 Å². The molecule has 3 rings (SSSR count). The monoisotopic (exact) mass is 285 g/mol. The number of nitrogens with zero attached hydrogens (tertiary/aromatic N) is 2. The van der Waals surface area contributed by atoms with Gasteiger partial charge in [-0.3, -0.25) is 0 Å². The van der Waals surface area contributed by atoms with Crippen molar-refractivity contribution in [3.05, 3.63) is 41.6 Å². The molecule has 5 nitrogen and oxygen atoms in total. The van der Waals surface area contributed by atoms with Gasteiger partial charge in [0.05, 0.1) is 12.8 Å². The van der Waals surface area contributed by atoms with Crippen LogP contribution in [0.4, 0.5) is 0 Å². The number of aromatic nitrogens is 2. The number of hydrogen-bond acceptors (Lipinski definition) is 5. The molecular formula is C16H19N3O2. The lowest BCUT2D eigenvalue weighted by atomic mass is 10.2. The van der Waals surface area contributed by atoms with Gasteiger partial charge in [0.15, 0.2) is 11.5 Å². The van der Waals surface area contributed by atoms with E-state index in [1.165, 1.54) is 12.8 Å². The van der Waals surface area contributed by atoms with Crippen LogP contribution >= 0.6 is 0 Å². The molecular weight excluding hydrogens is 266 g/mol. The van der Waals surface area contributed by atoms with E-state index in [1.54, 1.807) is 7.11 Å². The zero-order chi connectivity index (χ0) is 14.7. The van der Waals surface area contributed by atoms with E-state index in [-0.39, 0.29) is 0 Å². The van der Waals surface area contributed by atoms with Crippen LogP contribution in [-0.4, -0.2) is 23.3 Å². The van der Waals surface area contributed by atoms with Crippen LogP contribution in [0.15, 0.2) is 30.3 Å². The number of benzene rings is 1. The van der Waals surface area contributed by atoms with Crippen LogP contribution in [0.25, 0.3) is 0 Å². The average Bonchev–Trinajstić information content (AvgIpc) is 3.32. The Morgan fingerprint density at radius 1 is 1.14 bits per heavy atom. The summed E-state index contributed by atoms with van der Waals surface area (Å²) in [7, 11) is 1.62. The van der Waals surface area contributed by atoms with Crippen LogP contribution in [0, 0.1) is 6.92 Å². The molecule has 110 valence electrons. The maximum Gasteiger partial charge on any atom is 0.239 e. The van der Waals surface area contributed by atoms with Gasteiger partial charge in [-0.05, 0) is 43.5 Å². The summed E-state index contributed by atoms with van der Waals surface area (Å²) in [4.78, 5) is 0. The van der Waals surface area contributed by atoms with Crippen LogP contribution in [0.1, 0.15) is 24.1 Å². The van der Waals surface area contributed by atoms with Crippen LogP contribution in [-0.2, 0) is 6.54 Å². The highest BCUT2D eigenvalue weighted by Gasteiger charge is 2.20. The molecule has 1 aliphatic rings. The Balaban J connectivity index is 1.66. The van der Waals surface area contributed by atoms with E-state index in [0.717, 1.165) is 17.8 Å². The van der Waals surface area contributed by atoms with Crippen LogP contribution in [0.3, 0.4) is 0 Å². The fourth-order valence-corrected chi connectivity index (χ4v) is 2.00. The Labute approximate surface area is 124 Å². The summed E-state index contributed by atoms with van der Waals surface area (Å²) in [6.07, 6.45) is 2.53. The van der Waals surface area contributed by atoms with E-state index in [9.17, 15) is 0 Å². The maximum atomic E-state index is 5.73. The summed E-state index contributed by atoms with van der Waals surface area (Å²) >= 11 is 0. The summed E-state index contributed by atoms with van der Waals surface area (Å²) in [6, 6.07) is 10.2. The molecule has 1 aromatic carbocycles. The van der Waals surface area contributed by atoms with Crippen molar-refractivity contribution in [3.8, 4) is 17.4 Å². The lowest BCUT2D eigenvalue weighted by Gasteiger charge is -2.10. The third-order valence-corrected chi connectivity index (χ3v) is 3.38. The SMILES string of the molecule is COc1cc(C)ccc1Oc1ccc(CNC2CC2)nn1. The molecule has 0 amide bonds. The quantitative estimate of drug-likeness (QED) is 0.884. The molecule has 0 spiro atoms. The summed E-state index contributed by atoms with van der Waals surface area (Å²) in [5.74, 6) is 1.80. The second kappa shape index (κ2) is 6.10. The average molecular weight is 285 g/mol. The molecule has 1 aliphatic carbocycles. The zero-order valence-electron chi connectivity index (χ0n) is 12.3. The standard InChI is InChI=1S/C16H19N3O2/c1-11-3-7-14(15(9-11)20-2)21-16-8-6-13(18-19-16)10-17-12-4-5-12/h3,6-9,12,17H,4-5,10H2,1-2H3. The van der Waals surface area contributed by atoms with Crippen molar-refractivity contribution >= 4 is 0 Å². The number of nitrogens with one attached hydrogen (secondary N) is 1. The molecule has 1 aromatic heterocycles. The van der Waals surface area contributed by atoms with Crippen LogP contribution in [0.2, 0.25) is 0 Å². The number of hydrogen-bond donors (Lipinski definition) is 1. The molecule has 0 radical (unpaired) electrons. The van der Waals surface area contributed by atoms with Gasteiger partial charge in [0.25, 0.3) is 0 Å². The first-order valence-electron chi connectivity index (χ1n) is 7.13. The van der Waals surface area contributed by atoms with Crippen LogP contribution < -0.4 is 14.8 Å². The van der Waals surface area contributed by atoms with E-state index in [2.05, 4.69) is 15.5 Å². The molecule has 0 saturated heterocycles. The third-order valence-electron chi connectivity index (χ3n) is 3.38. The summed E-state index contributed by atoms with van der Waals surface area (Å²) in [6.45, 7) is 2.76. The van der Waals surface area contributed by atoms with E-state index >= 15 is 0 Å². The topological polar surface area (TPSA) is 56.3 Å². The van der Waals surface area contributed by atoms with Gasteiger partial charge in [-0.15, -0.1) is 5.10 Å². The molecule has 1 heterocycles. The molecule has 5 heteroatoms. The van der Waals surface area contributed by atoms with Crippen molar-refractivity contribution in [1.82, 2.24) is 15.5 Å². The lowest BCUT2D eigenvalue weighted by molar-refractivity contribution is 0.371. The molecule has 0 aliphatic heterocycles. The van der Waals surface area contributed by atoms with Crippen LogP contribution in [0.5, 0.6) is 17.4 Å². The Morgan fingerprint density at radius 3 is 2.67 bits per heavy atom. The number of ether oxygens (including phenoxy) is 2. The van der Waals surface area contributed by atoms with Crippen molar-refractivity contribution in [3.63, 3.8) is 0 Å². The molecule has 21 heavy (non-hydrogen) atoms. The highest BCUT2D eigenvalue weighted by Crippen LogP contribution is 2.31. The van der Waals surface area contributed by atoms with Gasteiger partial charge in [-0.25, -0.2) is 0 Å². The first kappa shape index (κ1) is 13.8. The Morgan fingerprint density at radius 2 is 2.00 bits per heavy atom. The van der Waals surface area contributed by atoms with E-state index < -0.39 is 0 Å². The van der Waals surface area contributed by atoms with Gasteiger partial charge in [0, 0.05) is 18.7 Å². The smallest absolute Gasteiger partial charge is 0.239 e. The zero-order valence-corrected chi connectivity index (χ0v) is 12.3. The predicted octanol–water partition coefficient (Wildman–Crippen LogP) is 2.84. The Hall–Kier alpha value is -2.14. The normalized spacial score (nSPS) is 14.0. The molecule has 1 fully saturated rings. The molecule has 1 saturated carbocycles. The predicted molar refractivity (Wildman–Crippen MR) is 79.7 cm³/mol. The van der Waals surface area contributed by atoms with Gasteiger partial charge in [0.2, 0.25) is 5.88 Å². The fraction of sp³-hybridized carbons (Fsp3) is 0.375. The molecule has 0 unspecified atom stereocenters. The summed E-state index contributed by atoms with van der Waals surface area (Å²) in [5.41, 5.74) is 2.04.